The molecule has 2 aromatic carbocycles. The normalized spacial score (nSPS) is 10.8. The number of aryl methyl sites for hydroxylation is 2. The van der Waals surface area contributed by atoms with Gasteiger partial charge in [0.1, 0.15) is 0 Å². The summed E-state index contributed by atoms with van der Waals surface area (Å²) in [6.45, 7) is 4.52. The SMILES string of the molecule is CCCCc1cccc(Cc2ccccc2CCCC)c1. The number of rotatable bonds is 8. The van der Waals surface area contributed by atoms with E-state index in [-0.39, 0.29) is 0 Å². The topological polar surface area (TPSA) is 0 Å². The Morgan fingerprint density at radius 1 is 0.667 bits per heavy atom. The molecular weight excluding hydrogens is 252 g/mol. The van der Waals surface area contributed by atoms with Crippen LogP contribution in [0, 0.1) is 0 Å². The molecule has 2 rings (SSSR count). The van der Waals surface area contributed by atoms with Crippen LogP contribution in [0.1, 0.15) is 61.8 Å². The van der Waals surface area contributed by atoms with Crippen LogP contribution in [0.15, 0.2) is 48.5 Å². The lowest BCUT2D eigenvalue weighted by atomic mass is 9.95. The number of unbranched alkanes of at least 4 members (excludes halogenated alkanes) is 2. The molecule has 0 spiro atoms. The first-order valence-electron chi connectivity index (χ1n) is 8.48. The lowest BCUT2D eigenvalue weighted by molar-refractivity contribution is 0.787. The monoisotopic (exact) mass is 280 g/mol. The van der Waals surface area contributed by atoms with Crippen molar-refractivity contribution < 1.29 is 0 Å². The van der Waals surface area contributed by atoms with E-state index in [4.69, 9.17) is 0 Å². The van der Waals surface area contributed by atoms with E-state index in [0.717, 1.165) is 6.42 Å². The van der Waals surface area contributed by atoms with Crippen molar-refractivity contribution in [1.82, 2.24) is 0 Å². The van der Waals surface area contributed by atoms with Crippen LogP contribution in [-0.2, 0) is 19.3 Å². The lowest BCUT2D eigenvalue weighted by Crippen LogP contribution is -1.97. The molecule has 0 aromatic heterocycles. The van der Waals surface area contributed by atoms with Gasteiger partial charge in [-0.15, -0.1) is 0 Å². The van der Waals surface area contributed by atoms with Gasteiger partial charge in [-0.2, -0.15) is 0 Å². The minimum Gasteiger partial charge on any atom is -0.0654 e. The molecule has 0 atom stereocenters. The first-order valence-corrected chi connectivity index (χ1v) is 8.48. The number of hydrogen-bond acceptors (Lipinski definition) is 0. The standard InChI is InChI=1S/C21H28/c1-3-5-10-18-11-9-12-19(16-18)17-21-15-8-7-14-20(21)13-6-4-2/h7-9,11-12,14-16H,3-6,10,13,17H2,1-2H3. The summed E-state index contributed by atoms with van der Waals surface area (Å²) in [4.78, 5) is 0. The van der Waals surface area contributed by atoms with E-state index in [1.165, 1.54) is 60.8 Å². The Hall–Kier alpha value is -1.56. The van der Waals surface area contributed by atoms with Crippen LogP contribution in [0.5, 0.6) is 0 Å². The fraction of sp³-hybridized carbons (Fsp3) is 0.429. The summed E-state index contributed by atoms with van der Waals surface area (Å²) < 4.78 is 0. The zero-order valence-electron chi connectivity index (χ0n) is 13.6. The zero-order valence-corrected chi connectivity index (χ0v) is 13.6. The molecule has 0 saturated heterocycles. The van der Waals surface area contributed by atoms with Gasteiger partial charge in [-0.05, 0) is 54.4 Å². The summed E-state index contributed by atoms with van der Waals surface area (Å²) in [6, 6.07) is 18.1. The van der Waals surface area contributed by atoms with E-state index in [0.29, 0.717) is 0 Å². The van der Waals surface area contributed by atoms with E-state index in [1.807, 2.05) is 0 Å². The summed E-state index contributed by atoms with van der Waals surface area (Å²) in [5.74, 6) is 0. The van der Waals surface area contributed by atoms with Crippen molar-refractivity contribution in [3.05, 3.63) is 70.8 Å². The van der Waals surface area contributed by atoms with Crippen LogP contribution in [0.4, 0.5) is 0 Å². The van der Waals surface area contributed by atoms with E-state index in [1.54, 1.807) is 0 Å². The summed E-state index contributed by atoms with van der Waals surface area (Å²) in [5.41, 5.74) is 5.96. The van der Waals surface area contributed by atoms with Crippen LogP contribution in [-0.4, -0.2) is 0 Å². The molecule has 0 fully saturated rings. The highest BCUT2D eigenvalue weighted by atomic mass is 14.1. The smallest absolute Gasteiger partial charge is 0.00229 e. The van der Waals surface area contributed by atoms with Crippen molar-refractivity contribution in [2.45, 2.75) is 58.8 Å². The van der Waals surface area contributed by atoms with Crippen molar-refractivity contribution in [3.8, 4) is 0 Å². The van der Waals surface area contributed by atoms with E-state index in [2.05, 4.69) is 62.4 Å². The molecule has 0 aliphatic rings. The summed E-state index contributed by atoms with van der Waals surface area (Å²) in [7, 11) is 0. The predicted octanol–water partition coefficient (Wildman–Crippen LogP) is 5.96. The summed E-state index contributed by atoms with van der Waals surface area (Å²) in [6.07, 6.45) is 8.60. The average Bonchev–Trinajstić information content (AvgIpc) is 2.52. The van der Waals surface area contributed by atoms with E-state index < -0.39 is 0 Å². The molecular formula is C21H28. The molecule has 0 radical (unpaired) electrons. The minimum absolute atomic E-state index is 1.07. The third-order valence-corrected chi connectivity index (χ3v) is 4.12. The quantitative estimate of drug-likeness (QED) is 0.559. The highest BCUT2D eigenvalue weighted by Crippen LogP contribution is 2.18. The van der Waals surface area contributed by atoms with Gasteiger partial charge in [0.15, 0.2) is 0 Å². The molecule has 21 heavy (non-hydrogen) atoms. The second kappa shape index (κ2) is 8.67. The average molecular weight is 280 g/mol. The van der Waals surface area contributed by atoms with Crippen molar-refractivity contribution in [2.75, 3.05) is 0 Å². The van der Waals surface area contributed by atoms with Crippen LogP contribution in [0.2, 0.25) is 0 Å². The van der Waals surface area contributed by atoms with Crippen molar-refractivity contribution >= 4 is 0 Å². The first kappa shape index (κ1) is 15.8. The first-order chi connectivity index (χ1) is 10.3. The Morgan fingerprint density at radius 2 is 1.33 bits per heavy atom. The minimum atomic E-state index is 1.07. The van der Waals surface area contributed by atoms with Crippen molar-refractivity contribution in [1.29, 1.82) is 0 Å². The Balaban J connectivity index is 2.10. The van der Waals surface area contributed by atoms with Gasteiger partial charge in [0, 0.05) is 0 Å². The van der Waals surface area contributed by atoms with E-state index >= 15 is 0 Å². The molecule has 0 heteroatoms. The molecule has 112 valence electrons. The molecule has 0 aliphatic heterocycles. The van der Waals surface area contributed by atoms with Gasteiger partial charge in [0.05, 0.1) is 0 Å². The van der Waals surface area contributed by atoms with Gasteiger partial charge < -0.3 is 0 Å². The second-order valence-electron chi connectivity index (χ2n) is 5.97. The highest BCUT2D eigenvalue weighted by Gasteiger charge is 2.03. The van der Waals surface area contributed by atoms with Gasteiger partial charge in [0.25, 0.3) is 0 Å². The summed E-state index contributed by atoms with van der Waals surface area (Å²) >= 11 is 0. The van der Waals surface area contributed by atoms with Crippen LogP contribution in [0.3, 0.4) is 0 Å². The van der Waals surface area contributed by atoms with Crippen LogP contribution in [0.25, 0.3) is 0 Å². The highest BCUT2D eigenvalue weighted by molar-refractivity contribution is 5.34. The van der Waals surface area contributed by atoms with Gasteiger partial charge in [-0.1, -0.05) is 75.2 Å². The molecule has 0 amide bonds. The van der Waals surface area contributed by atoms with Gasteiger partial charge in [-0.25, -0.2) is 0 Å². The predicted molar refractivity (Wildman–Crippen MR) is 92.9 cm³/mol. The van der Waals surface area contributed by atoms with E-state index in [9.17, 15) is 0 Å². The third kappa shape index (κ3) is 5.04. The molecule has 0 saturated carbocycles. The van der Waals surface area contributed by atoms with Crippen molar-refractivity contribution in [3.63, 3.8) is 0 Å². The molecule has 0 aliphatic carbocycles. The lowest BCUT2D eigenvalue weighted by Gasteiger charge is -2.10. The maximum atomic E-state index is 2.40. The molecule has 0 heterocycles. The van der Waals surface area contributed by atoms with Gasteiger partial charge in [0.2, 0.25) is 0 Å². The largest absolute Gasteiger partial charge is 0.0654 e. The molecule has 0 unspecified atom stereocenters. The van der Waals surface area contributed by atoms with Gasteiger partial charge >= 0.3 is 0 Å². The third-order valence-electron chi connectivity index (χ3n) is 4.12. The van der Waals surface area contributed by atoms with Crippen molar-refractivity contribution in [2.24, 2.45) is 0 Å². The number of benzene rings is 2. The Bertz CT molecular complexity index is 539. The Labute approximate surface area is 130 Å². The van der Waals surface area contributed by atoms with Gasteiger partial charge in [-0.3, -0.25) is 0 Å². The van der Waals surface area contributed by atoms with Crippen LogP contribution >= 0.6 is 0 Å². The second-order valence-corrected chi connectivity index (χ2v) is 5.97. The summed E-state index contributed by atoms with van der Waals surface area (Å²) in [5, 5.41) is 0. The molecule has 0 bridgehead atoms. The molecule has 2 aromatic rings. The maximum absolute atomic E-state index is 2.40. The molecule has 0 nitrogen and oxygen atoms in total. The Morgan fingerprint density at radius 3 is 2.10 bits per heavy atom. The van der Waals surface area contributed by atoms with Crippen LogP contribution < -0.4 is 0 Å². The fourth-order valence-electron chi connectivity index (χ4n) is 2.84. The maximum Gasteiger partial charge on any atom is -0.00229 e. The zero-order chi connectivity index (χ0) is 14.9. The Kier molecular flexibility index (Phi) is 6.53. The fourth-order valence-corrected chi connectivity index (χ4v) is 2.84. The molecule has 0 N–H and O–H groups in total. The number of hydrogen-bond donors (Lipinski definition) is 0.